The van der Waals surface area contributed by atoms with Gasteiger partial charge in [0, 0.05) is 47.7 Å². The number of nitrogens with zero attached hydrogens (tertiary/aromatic N) is 6. The van der Waals surface area contributed by atoms with Gasteiger partial charge in [0.2, 0.25) is 15.0 Å². The maximum absolute atomic E-state index is 16.4. The SMILES string of the molecule is CCS(=O)(=O)c1nc(N2C[C@@H]3C[C@H]2CN3C(=O)OC(C)(C)C)c2cc(C3CC3)c(-c3c(C)c(F)cc4c3cnn4C3CCCCO3)c(OCc3ccccc3)c2n1. The van der Waals surface area contributed by atoms with Gasteiger partial charge in [-0.25, -0.2) is 32.3 Å². The fourth-order valence-electron chi connectivity index (χ4n) is 8.75. The fourth-order valence-corrected chi connectivity index (χ4v) is 9.46. The molecule has 1 amide bonds. The largest absolute Gasteiger partial charge is 0.486 e. The third-order valence-electron chi connectivity index (χ3n) is 11.8. The minimum Gasteiger partial charge on any atom is -0.486 e. The zero-order valence-electron chi connectivity index (χ0n) is 33.1. The highest BCUT2D eigenvalue weighted by atomic mass is 32.2. The molecule has 0 spiro atoms. The van der Waals surface area contributed by atoms with E-state index in [-0.39, 0.29) is 53.7 Å². The van der Waals surface area contributed by atoms with Gasteiger partial charge < -0.3 is 24.0 Å². The summed E-state index contributed by atoms with van der Waals surface area (Å²) in [5.41, 5.74) is 3.98. The number of halogens is 1. The highest BCUT2D eigenvalue weighted by Gasteiger charge is 2.48. The Balaban J connectivity index is 1.28. The van der Waals surface area contributed by atoms with Gasteiger partial charge in [0.05, 0.1) is 29.6 Å². The Kier molecular flexibility index (Phi) is 9.42. The van der Waals surface area contributed by atoms with Gasteiger partial charge in [0.25, 0.3) is 0 Å². The van der Waals surface area contributed by atoms with Crippen molar-refractivity contribution < 1.29 is 31.8 Å². The first kappa shape index (κ1) is 37.7. The van der Waals surface area contributed by atoms with E-state index in [1.165, 1.54) is 6.07 Å². The molecule has 3 aliphatic heterocycles. The number of likely N-dealkylation sites (tertiary alicyclic amines) is 1. The fraction of sp³-hybridized carbons (Fsp3) is 0.488. The number of fused-ring (bicyclic) bond motifs is 4. The van der Waals surface area contributed by atoms with E-state index in [0.717, 1.165) is 48.6 Å². The van der Waals surface area contributed by atoms with Crippen molar-refractivity contribution in [2.24, 2.45) is 0 Å². The Morgan fingerprint density at radius 3 is 2.46 bits per heavy atom. The number of benzene rings is 3. The third kappa shape index (κ3) is 6.88. The molecule has 5 heterocycles. The van der Waals surface area contributed by atoms with Crippen LogP contribution < -0.4 is 9.64 Å². The van der Waals surface area contributed by atoms with Crippen LogP contribution in [0.25, 0.3) is 32.9 Å². The smallest absolute Gasteiger partial charge is 0.410 e. The number of rotatable bonds is 9. The van der Waals surface area contributed by atoms with Gasteiger partial charge in [-0.2, -0.15) is 5.10 Å². The molecule has 14 heteroatoms. The number of piperazine rings is 1. The summed E-state index contributed by atoms with van der Waals surface area (Å²) in [4.78, 5) is 26.8. The Hall–Kier alpha value is -4.82. The summed E-state index contributed by atoms with van der Waals surface area (Å²) in [5.74, 6) is 0.444. The Morgan fingerprint density at radius 1 is 1.00 bits per heavy atom. The van der Waals surface area contributed by atoms with E-state index in [4.69, 9.17) is 29.3 Å². The molecule has 12 nitrogen and oxygen atoms in total. The van der Waals surface area contributed by atoms with E-state index in [2.05, 4.69) is 11.0 Å². The van der Waals surface area contributed by atoms with E-state index in [1.54, 1.807) is 29.6 Å². The molecule has 0 N–H and O–H groups in total. The molecule has 1 aliphatic carbocycles. The molecule has 1 saturated carbocycles. The lowest BCUT2D eigenvalue weighted by molar-refractivity contribution is -0.0366. The maximum Gasteiger partial charge on any atom is 0.410 e. The van der Waals surface area contributed by atoms with Crippen LogP contribution in [0.4, 0.5) is 15.0 Å². The molecule has 4 fully saturated rings. The van der Waals surface area contributed by atoms with Crippen molar-refractivity contribution in [3.8, 4) is 16.9 Å². The first-order valence-electron chi connectivity index (χ1n) is 20.1. The molecule has 4 aliphatic rings. The van der Waals surface area contributed by atoms with Crippen LogP contribution in [-0.4, -0.2) is 82.3 Å². The quantitative estimate of drug-likeness (QED) is 0.135. The van der Waals surface area contributed by atoms with Gasteiger partial charge in [-0.3, -0.25) is 0 Å². The van der Waals surface area contributed by atoms with Crippen LogP contribution in [0, 0.1) is 12.7 Å². The number of hydrogen-bond acceptors (Lipinski definition) is 10. The minimum atomic E-state index is -3.91. The molecular weight excluding hydrogens is 748 g/mol. The average Bonchev–Trinajstić information content (AvgIpc) is 3.63. The topological polar surface area (TPSA) is 129 Å². The summed E-state index contributed by atoms with van der Waals surface area (Å²) >= 11 is 0. The normalized spacial score (nSPS) is 21.2. The van der Waals surface area contributed by atoms with E-state index >= 15 is 4.39 Å². The van der Waals surface area contributed by atoms with Gasteiger partial charge in [-0.05, 0) is 94.9 Å². The van der Waals surface area contributed by atoms with Gasteiger partial charge in [-0.15, -0.1) is 0 Å². The second-order valence-corrected chi connectivity index (χ2v) is 19.0. The number of carbonyl (C=O) groups excluding carboxylic acids is 1. The lowest BCUT2D eigenvalue weighted by Gasteiger charge is -2.36. The summed E-state index contributed by atoms with van der Waals surface area (Å²) in [6.07, 6.45) is 6.42. The van der Waals surface area contributed by atoms with Crippen LogP contribution in [0.3, 0.4) is 0 Å². The Bertz CT molecular complexity index is 2490. The first-order chi connectivity index (χ1) is 27.3. The molecule has 9 rings (SSSR count). The number of amides is 1. The maximum atomic E-state index is 16.4. The van der Waals surface area contributed by atoms with Crippen molar-refractivity contribution in [1.82, 2.24) is 24.6 Å². The molecule has 300 valence electrons. The first-order valence-corrected chi connectivity index (χ1v) is 21.8. The van der Waals surface area contributed by atoms with E-state index in [9.17, 15) is 13.2 Å². The third-order valence-corrected chi connectivity index (χ3v) is 13.3. The lowest BCUT2D eigenvalue weighted by atomic mass is 9.88. The number of sulfone groups is 1. The number of hydrogen-bond donors (Lipinski definition) is 0. The highest BCUT2D eigenvalue weighted by molar-refractivity contribution is 7.91. The van der Waals surface area contributed by atoms with Gasteiger partial charge in [-0.1, -0.05) is 37.3 Å². The number of aromatic nitrogens is 4. The van der Waals surface area contributed by atoms with Gasteiger partial charge >= 0.3 is 6.09 Å². The van der Waals surface area contributed by atoms with Crippen LogP contribution in [-0.2, 0) is 25.9 Å². The zero-order chi connectivity index (χ0) is 39.8. The summed E-state index contributed by atoms with van der Waals surface area (Å²) < 4.78 is 64.5. The van der Waals surface area contributed by atoms with Crippen LogP contribution in [0.5, 0.6) is 5.75 Å². The molecule has 3 atom stereocenters. The molecule has 3 aromatic carbocycles. The number of ether oxygens (including phenoxy) is 3. The van der Waals surface area contributed by atoms with Gasteiger partial charge in [0.15, 0.2) is 12.0 Å². The average molecular weight is 797 g/mol. The van der Waals surface area contributed by atoms with Crippen molar-refractivity contribution in [2.45, 2.75) is 115 Å². The van der Waals surface area contributed by atoms with Gasteiger partial charge in [0.1, 0.15) is 29.4 Å². The Labute approximate surface area is 332 Å². The minimum absolute atomic E-state index is 0.117. The highest BCUT2D eigenvalue weighted by Crippen LogP contribution is 2.54. The van der Waals surface area contributed by atoms with Crippen LogP contribution in [0.1, 0.15) is 95.1 Å². The van der Waals surface area contributed by atoms with E-state index in [1.807, 2.05) is 51.1 Å². The van der Waals surface area contributed by atoms with Crippen LogP contribution >= 0.6 is 0 Å². The molecular formula is C43H49FN6O6S. The van der Waals surface area contributed by atoms with Crippen LogP contribution in [0.15, 0.2) is 53.8 Å². The summed E-state index contributed by atoms with van der Waals surface area (Å²) in [7, 11) is -3.91. The van der Waals surface area contributed by atoms with Crippen molar-refractivity contribution in [1.29, 1.82) is 0 Å². The lowest BCUT2D eigenvalue weighted by Crippen LogP contribution is -2.50. The van der Waals surface area contributed by atoms with E-state index < -0.39 is 15.4 Å². The second-order valence-electron chi connectivity index (χ2n) is 16.9. The van der Waals surface area contributed by atoms with Crippen molar-refractivity contribution in [3.05, 3.63) is 71.2 Å². The molecule has 0 radical (unpaired) electrons. The zero-order valence-corrected chi connectivity index (χ0v) is 33.9. The summed E-state index contributed by atoms with van der Waals surface area (Å²) in [6, 6.07) is 13.1. The van der Waals surface area contributed by atoms with Crippen molar-refractivity contribution in [3.63, 3.8) is 0 Å². The standard InChI is InChI=1S/C43H49FN6O6S/c1-6-57(52,53)41-46-38-31(40(47-41)48-22-29-18-28(48)23-49(29)42(51)56-43(3,4)5)19-30(27-15-16-27)37(39(38)55-24-26-12-8-7-9-13-26)36-25(2)33(44)20-34-32(36)21-45-50(34)35-14-10-11-17-54-35/h7-9,12-13,19-21,27-29,35H,6,10-11,14-18,22-24H2,1-5H3/t28-,29-,35?/m0/s1. The van der Waals surface area contributed by atoms with E-state index in [0.29, 0.717) is 70.8 Å². The molecule has 1 unspecified atom stereocenters. The molecule has 57 heavy (non-hydrogen) atoms. The predicted octanol–water partition coefficient (Wildman–Crippen LogP) is 8.24. The Morgan fingerprint density at radius 2 is 1.79 bits per heavy atom. The number of carbonyl (C=O) groups is 1. The number of anilines is 1. The molecule has 2 aromatic heterocycles. The molecule has 5 aromatic rings. The predicted molar refractivity (Wildman–Crippen MR) is 215 cm³/mol. The second kappa shape index (κ2) is 14.2. The summed E-state index contributed by atoms with van der Waals surface area (Å²) in [6.45, 7) is 10.6. The monoisotopic (exact) mass is 796 g/mol. The molecule has 3 saturated heterocycles. The summed E-state index contributed by atoms with van der Waals surface area (Å²) in [5, 5.41) is 5.90. The molecule has 2 bridgehead atoms. The van der Waals surface area contributed by atoms with Crippen LogP contribution in [0.2, 0.25) is 0 Å². The van der Waals surface area contributed by atoms with Crippen molar-refractivity contribution in [2.75, 3.05) is 30.3 Å². The van der Waals surface area contributed by atoms with Crippen molar-refractivity contribution >= 4 is 43.6 Å².